The molecule has 0 heterocycles. The smallest absolute Gasteiger partial charge is 0.405 e. The molecule has 1 aliphatic rings. The molecule has 1 saturated carbocycles. The lowest BCUT2D eigenvalue weighted by Crippen LogP contribution is -2.34. The van der Waals surface area contributed by atoms with Gasteiger partial charge >= 0.3 is 6.36 Å². The molecule has 116 valence electrons. The van der Waals surface area contributed by atoms with Gasteiger partial charge < -0.3 is 15.8 Å². The number of rotatable bonds is 5. The van der Waals surface area contributed by atoms with E-state index in [0.717, 1.165) is 6.42 Å². The van der Waals surface area contributed by atoms with Crippen LogP contribution in [-0.4, -0.2) is 24.9 Å². The van der Waals surface area contributed by atoms with Crippen molar-refractivity contribution in [1.82, 2.24) is 5.32 Å². The van der Waals surface area contributed by atoms with Crippen molar-refractivity contribution >= 4 is 5.96 Å². The van der Waals surface area contributed by atoms with Gasteiger partial charge in [0, 0.05) is 18.5 Å². The van der Waals surface area contributed by atoms with Crippen molar-refractivity contribution in [2.75, 3.05) is 6.54 Å². The first-order chi connectivity index (χ1) is 9.90. The van der Waals surface area contributed by atoms with Gasteiger partial charge in [-0.05, 0) is 24.5 Å². The number of benzene rings is 1. The summed E-state index contributed by atoms with van der Waals surface area (Å²) < 4.78 is 41.2. The molecule has 0 saturated heterocycles. The summed E-state index contributed by atoms with van der Waals surface area (Å²) in [5, 5.41) is 3.02. The summed E-state index contributed by atoms with van der Waals surface area (Å²) in [7, 11) is 0. The van der Waals surface area contributed by atoms with Crippen molar-refractivity contribution in [3.63, 3.8) is 0 Å². The lowest BCUT2D eigenvalue weighted by Gasteiger charge is -2.13. The largest absolute Gasteiger partial charge is 0.573 e. The number of aliphatic imine (C=N–C) groups is 1. The van der Waals surface area contributed by atoms with Gasteiger partial charge in [0.25, 0.3) is 0 Å². The third-order valence-electron chi connectivity index (χ3n) is 3.17. The molecule has 1 aliphatic carbocycles. The van der Waals surface area contributed by atoms with E-state index in [2.05, 4.69) is 15.0 Å². The Morgan fingerprint density at radius 2 is 2.14 bits per heavy atom. The molecule has 0 amide bonds. The van der Waals surface area contributed by atoms with Gasteiger partial charge in [0.15, 0.2) is 5.96 Å². The van der Waals surface area contributed by atoms with E-state index < -0.39 is 6.36 Å². The molecule has 3 N–H and O–H groups in total. The normalized spacial score (nSPS) is 22.0. The first-order valence-electron chi connectivity index (χ1n) is 6.82. The van der Waals surface area contributed by atoms with Crippen LogP contribution < -0.4 is 15.8 Å². The molecule has 7 heteroatoms. The van der Waals surface area contributed by atoms with Crippen LogP contribution in [0.4, 0.5) is 13.2 Å². The fraction of sp³-hybridized carbons (Fsp3) is 0.500. The predicted molar refractivity (Wildman–Crippen MR) is 74.2 cm³/mol. The number of para-hydroxylation sites is 1. The summed E-state index contributed by atoms with van der Waals surface area (Å²) in [6.07, 6.45) is -3.09. The summed E-state index contributed by atoms with van der Waals surface area (Å²) in [6.45, 7) is 2.62. The van der Waals surface area contributed by atoms with Crippen LogP contribution in [0.3, 0.4) is 0 Å². The molecular formula is C14H18F3N3O. The molecule has 4 nitrogen and oxygen atoms in total. The maximum Gasteiger partial charge on any atom is 0.573 e. The minimum absolute atomic E-state index is 0.00332. The van der Waals surface area contributed by atoms with Crippen molar-refractivity contribution in [3.8, 4) is 5.75 Å². The highest BCUT2D eigenvalue weighted by Gasteiger charge is 2.42. The van der Waals surface area contributed by atoms with Gasteiger partial charge in [0.2, 0.25) is 0 Å². The lowest BCUT2D eigenvalue weighted by atomic mass is 10.1. The van der Waals surface area contributed by atoms with E-state index in [1.807, 2.05) is 6.92 Å². The van der Waals surface area contributed by atoms with E-state index in [4.69, 9.17) is 5.73 Å². The Morgan fingerprint density at radius 1 is 1.43 bits per heavy atom. The Kier molecular flexibility index (Phi) is 4.59. The van der Waals surface area contributed by atoms with Crippen molar-refractivity contribution < 1.29 is 17.9 Å². The average Bonchev–Trinajstić information content (AvgIpc) is 3.14. The minimum atomic E-state index is -4.68. The molecule has 1 aromatic carbocycles. The molecule has 2 atom stereocenters. The quantitative estimate of drug-likeness (QED) is 0.649. The average molecular weight is 301 g/mol. The van der Waals surface area contributed by atoms with E-state index in [1.165, 1.54) is 12.1 Å². The molecule has 21 heavy (non-hydrogen) atoms. The van der Waals surface area contributed by atoms with Crippen molar-refractivity contribution in [1.29, 1.82) is 0 Å². The van der Waals surface area contributed by atoms with Crippen LogP contribution in [-0.2, 0) is 0 Å². The molecule has 0 aromatic heterocycles. The number of nitrogens with zero attached hydrogens (tertiary/aromatic N) is 1. The molecule has 0 bridgehead atoms. The summed E-state index contributed by atoms with van der Waals surface area (Å²) in [5.74, 6) is 0.140. The number of nitrogens with two attached hydrogens (primary N) is 1. The number of guanidine groups is 1. The topological polar surface area (TPSA) is 59.6 Å². The number of nitrogens with one attached hydrogen (secondary N) is 1. The number of hydrogen-bond donors (Lipinski definition) is 2. The van der Waals surface area contributed by atoms with Crippen LogP contribution in [0.2, 0.25) is 0 Å². The Balaban J connectivity index is 2.01. The molecule has 2 rings (SSSR count). The third kappa shape index (κ3) is 4.54. The standard InChI is InChI=1S/C14H18F3N3O/c1-2-7-19-13(18)20-11-8-10(11)9-5-3-4-6-12(9)21-14(15,16)17/h3-6,10-11H,2,7-8H2,1H3,(H3,18,19,20). The molecule has 0 radical (unpaired) electrons. The van der Waals surface area contributed by atoms with Gasteiger partial charge in [-0.25, -0.2) is 0 Å². The van der Waals surface area contributed by atoms with Gasteiger partial charge in [-0.15, -0.1) is 13.2 Å². The zero-order valence-corrected chi connectivity index (χ0v) is 11.7. The summed E-state index contributed by atoms with van der Waals surface area (Å²) in [4.78, 5) is 4.10. The molecule has 1 fully saturated rings. The SMILES string of the molecule is CCCN=C(N)NC1CC1c1ccccc1OC(F)(F)F. The lowest BCUT2D eigenvalue weighted by molar-refractivity contribution is -0.274. The molecule has 2 unspecified atom stereocenters. The molecule has 0 aliphatic heterocycles. The van der Waals surface area contributed by atoms with Gasteiger partial charge in [0.1, 0.15) is 5.75 Å². The maximum atomic E-state index is 12.4. The van der Waals surface area contributed by atoms with Crippen LogP contribution in [0.25, 0.3) is 0 Å². The van der Waals surface area contributed by atoms with Gasteiger partial charge in [-0.2, -0.15) is 0 Å². The van der Waals surface area contributed by atoms with Gasteiger partial charge in [-0.1, -0.05) is 25.1 Å². The fourth-order valence-corrected chi connectivity index (χ4v) is 2.17. The van der Waals surface area contributed by atoms with Gasteiger partial charge in [-0.3, -0.25) is 4.99 Å². The second-order valence-electron chi connectivity index (χ2n) is 4.95. The van der Waals surface area contributed by atoms with E-state index in [0.29, 0.717) is 24.5 Å². The molecular weight excluding hydrogens is 283 g/mol. The Morgan fingerprint density at radius 3 is 2.81 bits per heavy atom. The Hall–Kier alpha value is -1.92. The molecule has 1 aromatic rings. The highest BCUT2D eigenvalue weighted by atomic mass is 19.4. The second kappa shape index (κ2) is 6.24. The van der Waals surface area contributed by atoms with E-state index in [1.54, 1.807) is 12.1 Å². The summed E-state index contributed by atoms with van der Waals surface area (Å²) in [6, 6.07) is 6.19. The zero-order chi connectivity index (χ0) is 15.5. The number of ether oxygens (including phenoxy) is 1. The summed E-state index contributed by atoms with van der Waals surface area (Å²) in [5.41, 5.74) is 6.25. The van der Waals surface area contributed by atoms with Gasteiger partial charge in [0.05, 0.1) is 0 Å². The Bertz CT molecular complexity index is 516. The fourth-order valence-electron chi connectivity index (χ4n) is 2.17. The van der Waals surface area contributed by atoms with Crippen LogP contribution in [0.5, 0.6) is 5.75 Å². The third-order valence-corrected chi connectivity index (χ3v) is 3.17. The highest BCUT2D eigenvalue weighted by molar-refractivity contribution is 5.78. The number of halogens is 3. The number of alkyl halides is 3. The maximum absolute atomic E-state index is 12.4. The number of hydrogen-bond acceptors (Lipinski definition) is 2. The van der Waals surface area contributed by atoms with Crippen molar-refractivity contribution in [2.45, 2.75) is 38.1 Å². The van der Waals surface area contributed by atoms with Crippen LogP contribution in [0, 0.1) is 0 Å². The molecule has 0 spiro atoms. The van der Waals surface area contributed by atoms with Crippen LogP contribution in [0.1, 0.15) is 31.2 Å². The minimum Gasteiger partial charge on any atom is -0.405 e. The van der Waals surface area contributed by atoms with E-state index >= 15 is 0 Å². The summed E-state index contributed by atoms with van der Waals surface area (Å²) >= 11 is 0. The second-order valence-corrected chi connectivity index (χ2v) is 4.95. The first kappa shape index (κ1) is 15.5. The van der Waals surface area contributed by atoms with Crippen molar-refractivity contribution in [2.24, 2.45) is 10.7 Å². The predicted octanol–water partition coefficient (Wildman–Crippen LogP) is 2.76. The van der Waals surface area contributed by atoms with Crippen LogP contribution in [0.15, 0.2) is 29.3 Å². The Labute approximate surface area is 121 Å². The zero-order valence-electron chi connectivity index (χ0n) is 11.7. The monoisotopic (exact) mass is 301 g/mol. The first-order valence-corrected chi connectivity index (χ1v) is 6.82. The van der Waals surface area contributed by atoms with E-state index in [-0.39, 0.29) is 17.7 Å². The highest BCUT2D eigenvalue weighted by Crippen LogP contribution is 2.45. The van der Waals surface area contributed by atoms with Crippen molar-refractivity contribution in [3.05, 3.63) is 29.8 Å². The van der Waals surface area contributed by atoms with Crippen LogP contribution >= 0.6 is 0 Å². The van der Waals surface area contributed by atoms with E-state index in [9.17, 15) is 13.2 Å².